The molecule has 0 aliphatic rings. The molecule has 0 spiro atoms. The van der Waals surface area contributed by atoms with Crippen LogP contribution in [0.2, 0.25) is 0 Å². The van der Waals surface area contributed by atoms with Crippen molar-refractivity contribution >= 4 is 17.5 Å². The molecule has 0 saturated carbocycles. The first-order chi connectivity index (χ1) is 6.29. The van der Waals surface area contributed by atoms with Crippen LogP contribution < -0.4 is 0 Å². The lowest BCUT2D eigenvalue weighted by Gasteiger charge is -1.98. The van der Waals surface area contributed by atoms with Crippen molar-refractivity contribution in [3.05, 3.63) is 41.5 Å². The predicted octanol–water partition coefficient (Wildman–Crippen LogP) is 1.68. The van der Waals surface area contributed by atoms with Crippen LogP contribution in [-0.2, 0) is 9.59 Å². The first kappa shape index (κ1) is 9.21. The number of benzene rings is 1. The fraction of sp³-hybridized carbons (Fsp3) is 0.0909. The smallest absolute Gasteiger partial charge is 0.134 e. The standard InChI is InChI=1S/C11H8O2/c1-9(7-12)11(8-13)10-5-3-2-4-6-10/h2-6H,1H3. The van der Waals surface area contributed by atoms with Crippen molar-refractivity contribution in [1.29, 1.82) is 0 Å². The predicted molar refractivity (Wildman–Crippen MR) is 50.4 cm³/mol. The molecule has 0 bridgehead atoms. The summed E-state index contributed by atoms with van der Waals surface area (Å²) in [7, 11) is 0. The minimum atomic E-state index is 0.274. The van der Waals surface area contributed by atoms with Crippen molar-refractivity contribution in [3.8, 4) is 0 Å². The van der Waals surface area contributed by atoms with E-state index in [1.807, 2.05) is 6.07 Å². The Morgan fingerprint density at radius 2 is 1.69 bits per heavy atom. The highest BCUT2D eigenvalue weighted by atomic mass is 16.1. The molecule has 2 nitrogen and oxygen atoms in total. The summed E-state index contributed by atoms with van der Waals surface area (Å²) < 4.78 is 0. The van der Waals surface area contributed by atoms with Gasteiger partial charge in [-0.05, 0) is 12.5 Å². The maximum atomic E-state index is 10.5. The molecule has 0 aliphatic carbocycles. The summed E-state index contributed by atoms with van der Waals surface area (Å²) in [5, 5.41) is 0. The van der Waals surface area contributed by atoms with Gasteiger partial charge in [-0.3, -0.25) is 0 Å². The van der Waals surface area contributed by atoms with E-state index < -0.39 is 0 Å². The topological polar surface area (TPSA) is 34.1 Å². The summed E-state index contributed by atoms with van der Waals surface area (Å²) >= 11 is 0. The van der Waals surface area contributed by atoms with Crippen LogP contribution in [0.5, 0.6) is 0 Å². The third-order valence-corrected chi connectivity index (χ3v) is 1.69. The third-order valence-electron chi connectivity index (χ3n) is 1.69. The summed E-state index contributed by atoms with van der Waals surface area (Å²) in [6.45, 7) is 1.54. The van der Waals surface area contributed by atoms with Gasteiger partial charge in [-0.15, -0.1) is 0 Å². The van der Waals surface area contributed by atoms with Gasteiger partial charge in [0.05, 0.1) is 11.1 Å². The second-order valence-corrected chi connectivity index (χ2v) is 2.57. The molecule has 0 N–H and O–H groups in total. The molecule has 0 atom stereocenters. The maximum Gasteiger partial charge on any atom is 0.134 e. The Kier molecular flexibility index (Phi) is 2.99. The number of allylic oxidation sites excluding steroid dienone is 2. The van der Waals surface area contributed by atoms with Crippen molar-refractivity contribution in [1.82, 2.24) is 0 Å². The lowest BCUT2D eigenvalue weighted by molar-refractivity contribution is 0.566. The summed E-state index contributed by atoms with van der Waals surface area (Å²) in [5.41, 5.74) is 1.25. The van der Waals surface area contributed by atoms with Crippen molar-refractivity contribution < 1.29 is 9.59 Å². The SMILES string of the molecule is CC(=C=O)C(=C=O)c1ccccc1. The third kappa shape index (κ3) is 2.03. The molecule has 0 saturated heterocycles. The monoisotopic (exact) mass is 172 g/mol. The van der Waals surface area contributed by atoms with Crippen molar-refractivity contribution in [2.75, 3.05) is 0 Å². The molecule has 1 rings (SSSR count). The maximum absolute atomic E-state index is 10.5. The van der Waals surface area contributed by atoms with Crippen LogP contribution in [0, 0.1) is 0 Å². The van der Waals surface area contributed by atoms with Gasteiger partial charge in [-0.1, -0.05) is 30.3 Å². The Balaban J connectivity index is 3.22. The molecule has 0 unspecified atom stereocenters. The van der Waals surface area contributed by atoms with Crippen LogP contribution in [0.15, 0.2) is 35.9 Å². The first-order valence-electron chi connectivity index (χ1n) is 3.82. The van der Waals surface area contributed by atoms with Crippen LogP contribution in [0.4, 0.5) is 0 Å². The van der Waals surface area contributed by atoms with Gasteiger partial charge in [-0.25, -0.2) is 9.59 Å². The number of rotatable bonds is 2. The van der Waals surface area contributed by atoms with Crippen LogP contribution in [0.1, 0.15) is 12.5 Å². The Labute approximate surface area is 76.2 Å². The molecule has 1 aromatic rings. The number of hydrogen-bond acceptors (Lipinski definition) is 2. The van der Waals surface area contributed by atoms with Gasteiger partial charge in [0.2, 0.25) is 0 Å². The van der Waals surface area contributed by atoms with E-state index >= 15 is 0 Å². The fourth-order valence-corrected chi connectivity index (χ4v) is 1.01. The Hall–Kier alpha value is -1.88. The van der Waals surface area contributed by atoms with E-state index in [0.717, 1.165) is 0 Å². The van der Waals surface area contributed by atoms with Gasteiger partial charge in [0.25, 0.3) is 0 Å². The molecular formula is C11H8O2. The normalized spacial score (nSPS) is 8.38. The zero-order chi connectivity index (χ0) is 9.68. The van der Waals surface area contributed by atoms with E-state index in [0.29, 0.717) is 5.56 Å². The molecule has 0 aliphatic heterocycles. The number of carbonyl (C=O) groups excluding carboxylic acids is 2. The van der Waals surface area contributed by atoms with Crippen LogP contribution >= 0.6 is 0 Å². The molecule has 1 aromatic carbocycles. The fourth-order valence-electron chi connectivity index (χ4n) is 1.01. The van der Waals surface area contributed by atoms with Gasteiger partial charge in [0.1, 0.15) is 11.9 Å². The van der Waals surface area contributed by atoms with Crippen LogP contribution in [0.3, 0.4) is 0 Å². The highest BCUT2D eigenvalue weighted by Gasteiger charge is 2.04. The largest absolute Gasteiger partial charge is 0.233 e. The van der Waals surface area contributed by atoms with Gasteiger partial charge < -0.3 is 0 Å². The second-order valence-electron chi connectivity index (χ2n) is 2.57. The van der Waals surface area contributed by atoms with Gasteiger partial charge in [0, 0.05) is 0 Å². The molecule has 64 valence electrons. The molecule has 0 fully saturated rings. The quantitative estimate of drug-likeness (QED) is 0.502. The molecule has 0 amide bonds. The average Bonchev–Trinajstić information content (AvgIpc) is 2.20. The zero-order valence-electron chi connectivity index (χ0n) is 7.20. The van der Waals surface area contributed by atoms with E-state index in [1.165, 1.54) is 0 Å². The van der Waals surface area contributed by atoms with Gasteiger partial charge in [-0.2, -0.15) is 0 Å². The molecule has 0 radical (unpaired) electrons. The summed E-state index contributed by atoms with van der Waals surface area (Å²) in [4.78, 5) is 20.9. The van der Waals surface area contributed by atoms with Crippen molar-refractivity contribution in [2.45, 2.75) is 6.92 Å². The van der Waals surface area contributed by atoms with E-state index in [2.05, 4.69) is 0 Å². The summed E-state index contributed by atoms with van der Waals surface area (Å²) in [6.07, 6.45) is 0. The minimum Gasteiger partial charge on any atom is -0.233 e. The Morgan fingerprint density at radius 3 is 2.15 bits per heavy atom. The average molecular weight is 172 g/mol. The first-order valence-corrected chi connectivity index (χ1v) is 3.82. The van der Waals surface area contributed by atoms with Crippen molar-refractivity contribution in [2.24, 2.45) is 0 Å². The second kappa shape index (κ2) is 4.22. The van der Waals surface area contributed by atoms with Crippen LogP contribution in [-0.4, -0.2) is 11.9 Å². The molecular weight excluding hydrogens is 164 g/mol. The molecule has 2 heteroatoms. The summed E-state index contributed by atoms with van der Waals surface area (Å²) in [5.74, 6) is 3.42. The van der Waals surface area contributed by atoms with Crippen molar-refractivity contribution in [3.63, 3.8) is 0 Å². The highest BCUT2D eigenvalue weighted by molar-refractivity contribution is 6.00. The molecule has 13 heavy (non-hydrogen) atoms. The van der Waals surface area contributed by atoms with Gasteiger partial charge in [0.15, 0.2) is 0 Å². The van der Waals surface area contributed by atoms with E-state index in [1.54, 1.807) is 43.1 Å². The number of hydrogen-bond donors (Lipinski definition) is 0. The Bertz CT molecular complexity index is 391. The van der Waals surface area contributed by atoms with E-state index in [4.69, 9.17) is 0 Å². The lowest BCUT2D eigenvalue weighted by Crippen LogP contribution is -1.87. The van der Waals surface area contributed by atoms with E-state index in [9.17, 15) is 9.59 Å². The van der Waals surface area contributed by atoms with Gasteiger partial charge >= 0.3 is 0 Å². The minimum absolute atomic E-state index is 0.274. The zero-order valence-corrected chi connectivity index (χ0v) is 7.20. The summed E-state index contributed by atoms with van der Waals surface area (Å²) in [6, 6.07) is 8.93. The van der Waals surface area contributed by atoms with E-state index in [-0.39, 0.29) is 11.1 Å². The highest BCUT2D eigenvalue weighted by Crippen LogP contribution is 2.16. The molecule has 0 heterocycles. The molecule has 0 aromatic heterocycles. The lowest BCUT2D eigenvalue weighted by atomic mass is 10.0. The Morgan fingerprint density at radius 1 is 1.08 bits per heavy atom. The van der Waals surface area contributed by atoms with Crippen LogP contribution in [0.25, 0.3) is 5.57 Å².